The molecule has 1 saturated heterocycles. The van der Waals surface area contributed by atoms with E-state index in [9.17, 15) is 4.79 Å². The smallest absolute Gasteiger partial charge is 0.248 e. The van der Waals surface area contributed by atoms with Gasteiger partial charge in [0.05, 0.1) is 5.39 Å². The van der Waals surface area contributed by atoms with Crippen molar-refractivity contribution in [2.24, 2.45) is 0 Å². The predicted octanol–water partition coefficient (Wildman–Crippen LogP) is 2.80. The van der Waals surface area contributed by atoms with Crippen LogP contribution in [0, 0.1) is 0 Å². The van der Waals surface area contributed by atoms with Gasteiger partial charge in [-0.25, -0.2) is 9.97 Å². The number of anilines is 1. The fourth-order valence-corrected chi connectivity index (χ4v) is 4.56. The van der Waals surface area contributed by atoms with E-state index in [1.807, 2.05) is 23.1 Å². The number of benzene rings is 1. The maximum Gasteiger partial charge on any atom is 0.248 e. The monoisotopic (exact) mass is 412 g/mol. The third-order valence-corrected chi connectivity index (χ3v) is 5.89. The van der Waals surface area contributed by atoms with Crippen molar-refractivity contribution < 1.29 is 14.3 Å². The second-order valence-electron chi connectivity index (χ2n) is 6.89. The third-order valence-electron chi connectivity index (χ3n) is 5.02. The van der Waals surface area contributed by atoms with E-state index in [-0.39, 0.29) is 12.5 Å². The average Bonchev–Trinajstić information content (AvgIpc) is 3.18. The van der Waals surface area contributed by atoms with Gasteiger partial charge in [-0.2, -0.15) is 0 Å². The van der Waals surface area contributed by atoms with Gasteiger partial charge in [-0.1, -0.05) is 30.3 Å². The lowest BCUT2D eigenvalue weighted by atomic mass is 10.1. The van der Waals surface area contributed by atoms with Gasteiger partial charge in [0, 0.05) is 51.3 Å². The maximum atomic E-state index is 12.1. The summed E-state index contributed by atoms with van der Waals surface area (Å²) in [5.74, 6) is 1.62. The Morgan fingerprint density at radius 2 is 1.83 bits per heavy atom. The second-order valence-corrected chi connectivity index (χ2v) is 7.75. The number of fused-ring (bicyclic) bond motifs is 1. The van der Waals surface area contributed by atoms with Gasteiger partial charge in [0.25, 0.3) is 0 Å². The topological polar surface area (TPSA) is 67.8 Å². The molecular formula is C21H24N4O3S. The quantitative estimate of drug-likeness (QED) is 0.620. The first-order chi connectivity index (χ1) is 14.2. The lowest BCUT2D eigenvalue weighted by molar-refractivity contribution is -0.135. The van der Waals surface area contributed by atoms with E-state index in [1.54, 1.807) is 25.6 Å². The van der Waals surface area contributed by atoms with Crippen LogP contribution in [0.2, 0.25) is 0 Å². The predicted molar refractivity (Wildman–Crippen MR) is 114 cm³/mol. The molecule has 7 nitrogen and oxygen atoms in total. The molecule has 1 aliphatic rings. The van der Waals surface area contributed by atoms with Gasteiger partial charge in [-0.05, 0) is 5.56 Å². The highest BCUT2D eigenvalue weighted by Gasteiger charge is 2.25. The fourth-order valence-electron chi connectivity index (χ4n) is 3.60. The molecule has 1 aliphatic heterocycles. The first-order valence-corrected chi connectivity index (χ1v) is 10.4. The highest BCUT2D eigenvalue weighted by atomic mass is 32.1. The summed E-state index contributed by atoms with van der Waals surface area (Å²) in [6.45, 7) is 3.23. The van der Waals surface area contributed by atoms with Crippen molar-refractivity contribution in [3.63, 3.8) is 0 Å². The number of methoxy groups -OCH3 is 2. The van der Waals surface area contributed by atoms with Gasteiger partial charge in [0.15, 0.2) is 5.82 Å². The lowest BCUT2D eigenvalue weighted by Gasteiger charge is -2.35. The zero-order chi connectivity index (χ0) is 20.2. The van der Waals surface area contributed by atoms with Gasteiger partial charge in [0.1, 0.15) is 23.9 Å². The Kier molecular flexibility index (Phi) is 6.03. The van der Waals surface area contributed by atoms with Crippen LogP contribution in [0.15, 0.2) is 35.7 Å². The molecule has 1 amide bonds. The van der Waals surface area contributed by atoms with Crippen molar-refractivity contribution in [3.05, 3.63) is 41.5 Å². The van der Waals surface area contributed by atoms with Gasteiger partial charge < -0.3 is 19.3 Å². The van der Waals surface area contributed by atoms with Crippen LogP contribution in [0.3, 0.4) is 0 Å². The first-order valence-electron chi connectivity index (χ1n) is 9.55. The molecule has 0 bridgehead atoms. The Hall–Kier alpha value is -2.55. The summed E-state index contributed by atoms with van der Waals surface area (Å²) in [7, 11) is 3.20. The average molecular weight is 413 g/mol. The number of carbonyl (C=O) groups is 1. The summed E-state index contributed by atoms with van der Waals surface area (Å²) < 4.78 is 10.3. The Morgan fingerprint density at radius 1 is 1.07 bits per heavy atom. The molecule has 1 aromatic carbocycles. The maximum absolute atomic E-state index is 12.1. The summed E-state index contributed by atoms with van der Waals surface area (Å²) in [5.41, 5.74) is 2.29. The number of piperazine rings is 1. The largest absolute Gasteiger partial charge is 0.377 e. The van der Waals surface area contributed by atoms with Crippen molar-refractivity contribution in [1.82, 2.24) is 14.9 Å². The minimum absolute atomic E-state index is 0.0283. The summed E-state index contributed by atoms with van der Waals surface area (Å²) in [4.78, 5) is 26.7. The highest BCUT2D eigenvalue weighted by molar-refractivity contribution is 7.17. The SMILES string of the molecule is COCC(=O)N1CCN(c2nc(COC)nc3scc(-c4ccccc4)c23)CC1. The van der Waals surface area contributed by atoms with Crippen LogP contribution in [0.1, 0.15) is 5.82 Å². The van der Waals surface area contributed by atoms with Crippen LogP contribution in [-0.4, -0.2) is 67.8 Å². The van der Waals surface area contributed by atoms with Crippen LogP contribution >= 0.6 is 11.3 Å². The van der Waals surface area contributed by atoms with Crippen LogP contribution in [0.4, 0.5) is 5.82 Å². The molecule has 29 heavy (non-hydrogen) atoms. The molecule has 0 saturated carbocycles. The minimum atomic E-state index is 0.0283. The van der Waals surface area contributed by atoms with Gasteiger partial charge in [0.2, 0.25) is 5.91 Å². The molecule has 0 atom stereocenters. The normalized spacial score (nSPS) is 14.6. The molecule has 8 heteroatoms. The molecule has 1 fully saturated rings. The van der Waals surface area contributed by atoms with E-state index < -0.39 is 0 Å². The van der Waals surface area contributed by atoms with Crippen molar-refractivity contribution in [2.45, 2.75) is 6.61 Å². The van der Waals surface area contributed by atoms with Crippen molar-refractivity contribution in [3.8, 4) is 11.1 Å². The number of amides is 1. The van der Waals surface area contributed by atoms with Crippen molar-refractivity contribution in [1.29, 1.82) is 0 Å². The molecule has 3 heterocycles. The third kappa shape index (κ3) is 4.10. The number of carbonyl (C=O) groups excluding carboxylic acids is 1. The summed E-state index contributed by atoms with van der Waals surface area (Å²) in [6, 6.07) is 10.3. The van der Waals surface area contributed by atoms with Crippen molar-refractivity contribution >= 4 is 33.3 Å². The number of hydrogen-bond donors (Lipinski definition) is 0. The molecule has 0 aliphatic carbocycles. The van der Waals surface area contributed by atoms with Crippen LogP contribution in [-0.2, 0) is 20.9 Å². The molecule has 0 radical (unpaired) electrons. The van der Waals surface area contributed by atoms with Gasteiger partial charge in [-0.3, -0.25) is 4.79 Å². The number of thiophene rings is 1. The number of nitrogens with zero attached hydrogens (tertiary/aromatic N) is 4. The standard InChI is InChI=1S/C21H24N4O3S/c1-27-12-17-22-20(25-10-8-24(9-11-25)18(26)13-28-2)19-16(14-29-21(19)23-17)15-6-4-3-5-7-15/h3-7,14H,8-13H2,1-2H3. The molecule has 3 aromatic rings. The Bertz CT molecular complexity index is 984. The van der Waals surface area contributed by atoms with Crippen LogP contribution in [0.5, 0.6) is 0 Å². The van der Waals surface area contributed by atoms with Gasteiger partial charge in [-0.15, -0.1) is 11.3 Å². The number of ether oxygens (including phenoxy) is 2. The Labute approximate surface area is 173 Å². The van der Waals surface area contributed by atoms with E-state index in [0.29, 0.717) is 25.5 Å². The van der Waals surface area contributed by atoms with Crippen LogP contribution < -0.4 is 4.90 Å². The highest BCUT2D eigenvalue weighted by Crippen LogP contribution is 2.38. The molecule has 152 valence electrons. The molecular weight excluding hydrogens is 388 g/mol. The molecule has 2 aromatic heterocycles. The van der Waals surface area contributed by atoms with E-state index in [4.69, 9.17) is 19.4 Å². The summed E-state index contributed by atoms with van der Waals surface area (Å²) >= 11 is 1.62. The summed E-state index contributed by atoms with van der Waals surface area (Å²) in [6.07, 6.45) is 0. The molecule has 0 spiro atoms. The molecule has 0 unspecified atom stereocenters. The Balaban J connectivity index is 1.70. The van der Waals surface area contributed by atoms with E-state index in [2.05, 4.69) is 22.4 Å². The van der Waals surface area contributed by atoms with E-state index in [0.717, 1.165) is 40.3 Å². The number of hydrogen-bond acceptors (Lipinski definition) is 7. The van der Waals surface area contributed by atoms with E-state index >= 15 is 0 Å². The Morgan fingerprint density at radius 3 is 2.52 bits per heavy atom. The second kappa shape index (κ2) is 8.86. The zero-order valence-electron chi connectivity index (χ0n) is 16.6. The molecule has 4 rings (SSSR count). The van der Waals surface area contributed by atoms with Gasteiger partial charge >= 0.3 is 0 Å². The fraction of sp³-hybridized carbons (Fsp3) is 0.381. The molecule has 0 N–H and O–H groups in total. The summed E-state index contributed by atoms with van der Waals surface area (Å²) in [5, 5.41) is 3.21. The number of aromatic nitrogens is 2. The van der Waals surface area contributed by atoms with Crippen LogP contribution in [0.25, 0.3) is 21.3 Å². The zero-order valence-corrected chi connectivity index (χ0v) is 17.4. The first kappa shape index (κ1) is 19.8. The number of rotatable bonds is 6. The van der Waals surface area contributed by atoms with Crippen molar-refractivity contribution in [2.75, 3.05) is 51.9 Å². The van der Waals surface area contributed by atoms with E-state index in [1.165, 1.54) is 0 Å². The minimum Gasteiger partial charge on any atom is -0.377 e. The lowest BCUT2D eigenvalue weighted by Crippen LogP contribution is -2.50.